The van der Waals surface area contributed by atoms with Crippen molar-refractivity contribution >= 4 is 11.8 Å². The molecular formula is C16H30S. The zero-order valence-electron chi connectivity index (χ0n) is 12.1. The highest BCUT2D eigenvalue weighted by Crippen LogP contribution is 2.61. The third-order valence-electron chi connectivity index (χ3n) is 6.14. The molecule has 2 aliphatic rings. The maximum Gasteiger partial charge on any atom is -0.00702 e. The molecule has 2 aliphatic carbocycles. The third kappa shape index (κ3) is 2.55. The molecule has 1 heteroatoms. The van der Waals surface area contributed by atoms with E-state index in [2.05, 4.69) is 20.1 Å². The Bertz CT molecular complexity index is 246. The van der Waals surface area contributed by atoms with Crippen molar-refractivity contribution in [1.29, 1.82) is 0 Å². The Morgan fingerprint density at radius 3 is 2.53 bits per heavy atom. The molecule has 0 heterocycles. The minimum atomic E-state index is 0.669. The lowest BCUT2D eigenvalue weighted by Gasteiger charge is -2.58. The summed E-state index contributed by atoms with van der Waals surface area (Å²) in [5, 5.41) is 0. The molecule has 2 fully saturated rings. The molecule has 0 spiro atoms. The van der Waals surface area contributed by atoms with Gasteiger partial charge in [-0.15, -0.1) is 0 Å². The second-order valence-electron chi connectivity index (χ2n) is 6.91. The molecule has 0 amide bonds. The van der Waals surface area contributed by atoms with Gasteiger partial charge in [-0.1, -0.05) is 33.1 Å². The van der Waals surface area contributed by atoms with Crippen LogP contribution in [-0.2, 0) is 0 Å². The molecule has 0 N–H and O–H groups in total. The molecular weight excluding hydrogens is 224 g/mol. The van der Waals surface area contributed by atoms with Gasteiger partial charge in [0.25, 0.3) is 0 Å². The summed E-state index contributed by atoms with van der Waals surface area (Å²) in [6, 6.07) is 0. The monoisotopic (exact) mass is 254 g/mol. The van der Waals surface area contributed by atoms with Crippen LogP contribution in [0.3, 0.4) is 0 Å². The van der Waals surface area contributed by atoms with E-state index in [9.17, 15) is 0 Å². The van der Waals surface area contributed by atoms with Crippen molar-refractivity contribution in [3.05, 3.63) is 0 Å². The molecule has 0 aliphatic heterocycles. The van der Waals surface area contributed by atoms with Crippen molar-refractivity contribution in [2.45, 2.75) is 71.6 Å². The molecule has 0 saturated heterocycles. The van der Waals surface area contributed by atoms with E-state index in [4.69, 9.17) is 0 Å². The Balaban J connectivity index is 2.04. The van der Waals surface area contributed by atoms with Crippen LogP contribution in [0.2, 0.25) is 0 Å². The Morgan fingerprint density at radius 1 is 1.06 bits per heavy atom. The number of fused-ring (bicyclic) bond motifs is 1. The van der Waals surface area contributed by atoms with Crippen LogP contribution in [0.25, 0.3) is 0 Å². The van der Waals surface area contributed by atoms with Crippen LogP contribution >= 0.6 is 11.8 Å². The standard InChI is InChI=1S/C16H30S/c1-15-10-4-5-12-16(15,2)14(8-6-11-15)9-7-13-17-3/h14H,4-13H2,1-3H3/t14?,15-,16+/m1/s1. The smallest absolute Gasteiger partial charge is 0.00702 e. The molecule has 0 aromatic heterocycles. The topological polar surface area (TPSA) is 0 Å². The fraction of sp³-hybridized carbons (Fsp3) is 1.00. The van der Waals surface area contributed by atoms with Crippen molar-refractivity contribution in [1.82, 2.24) is 0 Å². The molecule has 100 valence electrons. The van der Waals surface area contributed by atoms with Crippen LogP contribution in [0.4, 0.5) is 0 Å². The minimum Gasteiger partial charge on any atom is -0.165 e. The number of rotatable bonds is 4. The Hall–Kier alpha value is 0.350. The largest absolute Gasteiger partial charge is 0.165 e. The first-order valence-electron chi connectivity index (χ1n) is 7.61. The van der Waals surface area contributed by atoms with E-state index < -0.39 is 0 Å². The quantitative estimate of drug-likeness (QED) is 0.596. The second-order valence-corrected chi connectivity index (χ2v) is 7.90. The predicted octanol–water partition coefficient (Wildman–Crippen LogP) is 5.52. The van der Waals surface area contributed by atoms with Gasteiger partial charge in [0, 0.05) is 0 Å². The average molecular weight is 254 g/mol. The summed E-state index contributed by atoms with van der Waals surface area (Å²) in [6.07, 6.45) is 15.7. The molecule has 0 bridgehead atoms. The van der Waals surface area contributed by atoms with Crippen molar-refractivity contribution in [2.24, 2.45) is 16.7 Å². The van der Waals surface area contributed by atoms with Crippen LogP contribution < -0.4 is 0 Å². The molecule has 1 unspecified atom stereocenters. The summed E-state index contributed by atoms with van der Waals surface area (Å²) < 4.78 is 0. The zero-order chi connectivity index (χ0) is 12.4. The van der Waals surface area contributed by atoms with E-state index in [1.807, 2.05) is 11.8 Å². The Kier molecular flexibility index (Phi) is 4.50. The van der Waals surface area contributed by atoms with Gasteiger partial charge in [-0.05, 0) is 67.3 Å². The summed E-state index contributed by atoms with van der Waals surface area (Å²) in [4.78, 5) is 0. The van der Waals surface area contributed by atoms with E-state index in [1.54, 1.807) is 0 Å². The predicted molar refractivity (Wildman–Crippen MR) is 79.6 cm³/mol. The van der Waals surface area contributed by atoms with Gasteiger partial charge in [0.05, 0.1) is 0 Å². The summed E-state index contributed by atoms with van der Waals surface area (Å²) >= 11 is 2.02. The normalized spacial score (nSPS) is 42.2. The molecule has 0 radical (unpaired) electrons. The summed E-state index contributed by atoms with van der Waals surface area (Å²) in [7, 11) is 0. The van der Waals surface area contributed by atoms with Crippen molar-refractivity contribution in [2.75, 3.05) is 12.0 Å². The molecule has 3 atom stereocenters. The van der Waals surface area contributed by atoms with Crippen molar-refractivity contribution < 1.29 is 0 Å². The lowest BCUT2D eigenvalue weighted by molar-refractivity contribution is -0.0771. The van der Waals surface area contributed by atoms with Gasteiger partial charge in [0.15, 0.2) is 0 Å². The second kappa shape index (κ2) is 5.55. The van der Waals surface area contributed by atoms with E-state index in [1.165, 1.54) is 63.5 Å². The number of hydrogen-bond donors (Lipinski definition) is 0. The van der Waals surface area contributed by atoms with E-state index in [-0.39, 0.29) is 0 Å². The first-order chi connectivity index (χ1) is 8.12. The highest BCUT2D eigenvalue weighted by atomic mass is 32.2. The maximum atomic E-state index is 2.63. The van der Waals surface area contributed by atoms with Crippen molar-refractivity contribution in [3.8, 4) is 0 Å². The van der Waals surface area contributed by atoms with Gasteiger partial charge < -0.3 is 0 Å². The number of hydrogen-bond acceptors (Lipinski definition) is 1. The van der Waals surface area contributed by atoms with E-state index in [0.29, 0.717) is 10.8 Å². The van der Waals surface area contributed by atoms with Crippen LogP contribution in [0.5, 0.6) is 0 Å². The summed E-state index contributed by atoms with van der Waals surface area (Å²) in [5.74, 6) is 2.39. The lowest BCUT2D eigenvalue weighted by atomic mass is 9.47. The fourth-order valence-corrected chi connectivity index (χ4v) is 5.15. The molecule has 0 aromatic carbocycles. The zero-order valence-corrected chi connectivity index (χ0v) is 12.9. The SMILES string of the molecule is CSCCCC1CCC[C@@]2(C)CCCC[C@@]12C. The average Bonchev–Trinajstić information content (AvgIpc) is 2.31. The molecule has 2 rings (SSSR count). The van der Waals surface area contributed by atoms with Gasteiger partial charge >= 0.3 is 0 Å². The Morgan fingerprint density at radius 2 is 1.76 bits per heavy atom. The van der Waals surface area contributed by atoms with Gasteiger partial charge in [0.1, 0.15) is 0 Å². The van der Waals surface area contributed by atoms with Crippen molar-refractivity contribution in [3.63, 3.8) is 0 Å². The maximum absolute atomic E-state index is 2.63. The van der Waals surface area contributed by atoms with Crippen LogP contribution in [0.15, 0.2) is 0 Å². The molecule has 0 nitrogen and oxygen atoms in total. The molecule has 2 saturated carbocycles. The fourth-order valence-electron chi connectivity index (χ4n) is 4.70. The Labute approximate surface area is 112 Å². The van der Waals surface area contributed by atoms with Gasteiger partial charge in [-0.2, -0.15) is 11.8 Å². The van der Waals surface area contributed by atoms with Gasteiger partial charge in [-0.3, -0.25) is 0 Å². The third-order valence-corrected chi connectivity index (χ3v) is 6.83. The van der Waals surface area contributed by atoms with Crippen LogP contribution in [0.1, 0.15) is 71.6 Å². The van der Waals surface area contributed by atoms with Crippen LogP contribution in [0, 0.1) is 16.7 Å². The first kappa shape index (κ1) is 13.8. The van der Waals surface area contributed by atoms with Gasteiger partial charge in [-0.25, -0.2) is 0 Å². The van der Waals surface area contributed by atoms with E-state index >= 15 is 0 Å². The lowest BCUT2D eigenvalue weighted by Crippen LogP contribution is -2.48. The highest BCUT2D eigenvalue weighted by Gasteiger charge is 2.51. The van der Waals surface area contributed by atoms with Crippen LogP contribution in [-0.4, -0.2) is 12.0 Å². The minimum absolute atomic E-state index is 0.669. The molecule has 17 heavy (non-hydrogen) atoms. The highest BCUT2D eigenvalue weighted by molar-refractivity contribution is 7.98. The first-order valence-corrected chi connectivity index (χ1v) is 9.01. The number of thioether (sulfide) groups is 1. The van der Waals surface area contributed by atoms with E-state index in [0.717, 1.165) is 5.92 Å². The summed E-state index contributed by atoms with van der Waals surface area (Å²) in [5.41, 5.74) is 1.34. The van der Waals surface area contributed by atoms with Gasteiger partial charge in [0.2, 0.25) is 0 Å². The summed E-state index contributed by atoms with van der Waals surface area (Å²) in [6.45, 7) is 5.24. The molecule has 0 aromatic rings.